The molecule has 1 fully saturated rings. The monoisotopic (exact) mass is 224 g/mol. The van der Waals surface area contributed by atoms with Crippen LogP contribution >= 0.6 is 11.6 Å². The van der Waals surface area contributed by atoms with Gasteiger partial charge in [0.05, 0.1) is 11.6 Å². The average molecular weight is 225 g/mol. The Bertz CT molecular complexity index is 370. The Hall–Kier alpha value is -0.630. The van der Waals surface area contributed by atoms with E-state index >= 15 is 0 Å². The summed E-state index contributed by atoms with van der Waals surface area (Å²) in [5, 5.41) is 0. The van der Waals surface area contributed by atoms with Crippen molar-refractivity contribution in [2.45, 2.75) is 50.8 Å². The quantitative estimate of drug-likeness (QED) is 0.736. The molecule has 2 nitrogen and oxygen atoms in total. The van der Waals surface area contributed by atoms with Crippen LogP contribution in [0.15, 0.2) is 6.20 Å². The molecular formula is C12H17ClN2. The van der Waals surface area contributed by atoms with E-state index in [1.807, 2.05) is 6.20 Å². The SMILES string of the molecule is CC(C)c1nc(C2(C)CC2)ncc1CCl. The van der Waals surface area contributed by atoms with Gasteiger partial charge >= 0.3 is 0 Å². The normalized spacial score (nSPS) is 18.2. The molecule has 0 saturated heterocycles. The van der Waals surface area contributed by atoms with E-state index in [-0.39, 0.29) is 5.41 Å². The zero-order valence-electron chi connectivity index (χ0n) is 9.55. The lowest BCUT2D eigenvalue weighted by Crippen LogP contribution is -2.11. The van der Waals surface area contributed by atoms with Crippen molar-refractivity contribution >= 4 is 11.6 Å². The van der Waals surface area contributed by atoms with Crippen molar-refractivity contribution < 1.29 is 0 Å². The molecule has 1 saturated carbocycles. The lowest BCUT2D eigenvalue weighted by molar-refractivity contribution is 0.677. The lowest BCUT2D eigenvalue weighted by atomic mass is 10.0. The summed E-state index contributed by atoms with van der Waals surface area (Å²) in [5.74, 6) is 1.92. The third kappa shape index (κ3) is 2.00. The molecule has 3 heteroatoms. The Morgan fingerprint density at radius 1 is 1.47 bits per heavy atom. The Morgan fingerprint density at radius 2 is 2.13 bits per heavy atom. The van der Waals surface area contributed by atoms with Crippen LogP contribution < -0.4 is 0 Å². The maximum absolute atomic E-state index is 5.88. The average Bonchev–Trinajstić information content (AvgIpc) is 2.96. The van der Waals surface area contributed by atoms with Gasteiger partial charge in [-0.1, -0.05) is 20.8 Å². The summed E-state index contributed by atoms with van der Waals surface area (Å²) in [4.78, 5) is 9.11. The van der Waals surface area contributed by atoms with Crippen molar-refractivity contribution in [3.8, 4) is 0 Å². The summed E-state index contributed by atoms with van der Waals surface area (Å²) >= 11 is 5.88. The number of hydrogen-bond donors (Lipinski definition) is 0. The van der Waals surface area contributed by atoms with E-state index in [9.17, 15) is 0 Å². The predicted octanol–water partition coefficient (Wildman–Crippen LogP) is 3.39. The van der Waals surface area contributed by atoms with Crippen LogP contribution in [0.1, 0.15) is 56.6 Å². The van der Waals surface area contributed by atoms with E-state index in [4.69, 9.17) is 11.6 Å². The van der Waals surface area contributed by atoms with Crippen LogP contribution in [0.3, 0.4) is 0 Å². The topological polar surface area (TPSA) is 25.8 Å². The molecule has 1 aromatic heterocycles. The van der Waals surface area contributed by atoms with E-state index in [1.165, 1.54) is 12.8 Å². The van der Waals surface area contributed by atoms with E-state index in [2.05, 4.69) is 30.7 Å². The summed E-state index contributed by atoms with van der Waals surface area (Å²) in [5.41, 5.74) is 2.43. The molecule has 0 amide bonds. The van der Waals surface area contributed by atoms with E-state index < -0.39 is 0 Å². The van der Waals surface area contributed by atoms with Crippen molar-refractivity contribution in [3.63, 3.8) is 0 Å². The highest BCUT2D eigenvalue weighted by molar-refractivity contribution is 6.17. The minimum absolute atomic E-state index is 0.245. The largest absolute Gasteiger partial charge is 0.240 e. The lowest BCUT2D eigenvalue weighted by Gasteiger charge is -2.13. The molecule has 0 unspecified atom stereocenters. The molecule has 1 heterocycles. The summed E-state index contributed by atoms with van der Waals surface area (Å²) in [7, 11) is 0. The van der Waals surface area contributed by atoms with Gasteiger partial charge in [-0.3, -0.25) is 0 Å². The molecule has 1 aliphatic carbocycles. The van der Waals surface area contributed by atoms with Crippen LogP contribution in [0.25, 0.3) is 0 Å². The summed E-state index contributed by atoms with van der Waals surface area (Å²) in [6.07, 6.45) is 4.32. The maximum atomic E-state index is 5.88. The fourth-order valence-corrected chi connectivity index (χ4v) is 1.93. The van der Waals surface area contributed by atoms with Gasteiger partial charge in [-0.25, -0.2) is 9.97 Å². The fourth-order valence-electron chi connectivity index (χ4n) is 1.72. The summed E-state index contributed by atoms with van der Waals surface area (Å²) in [6.45, 7) is 6.53. The molecule has 0 N–H and O–H groups in total. The van der Waals surface area contributed by atoms with Crippen LogP contribution in [0, 0.1) is 0 Å². The minimum Gasteiger partial charge on any atom is -0.240 e. The van der Waals surface area contributed by atoms with Crippen LogP contribution in [0.5, 0.6) is 0 Å². The summed E-state index contributed by atoms with van der Waals surface area (Å²) in [6, 6.07) is 0. The minimum atomic E-state index is 0.245. The first-order valence-corrected chi connectivity index (χ1v) is 6.02. The third-order valence-corrected chi connectivity index (χ3v) is 3.42. The van der Waals surface area contributed by atoms with E-state index in [0.29, 0.717) is 11.8 Å². The second-order valence-electron chi connectivity index (χ2n) is 4.95. The first-order chi connectivity index (χ1) is 7.07. The molecule has 0 spiro atoms. The van der Waals surface area contributed by atoms with Gasteiger partial charge in [0, 0.05) is 17.2 Å². The summed E-state index contributed by atoms with van der Waals surface area (Å²) < 4.78 is 0. The fraction of sp³-hybridized carbons (Fsp3) is 0.667. The van der Waals surface area contributed by atoms with Gasteiger partial charge in [-0.2, -0.15) is 0 Å². The number of nitrogens with zero attached hydrogens (tertiary/aromatic N) is 2. The first kappa shape index (κ1) is 10.9. The molecular weight excluding hydrogens is 208 g/mol. The van der Waals surface area contributed by atoms with Crippen LogP contribution in [-0.4, -0.2) is 9.97 Å². The highest BCUT2D eigenvalue weighted by Crippen LogP contribution is 2.46. The van der Waals surface area contributed by atoms with Crippen LogP contribution in [-0.2, 0) is 11.3 Å². The number of alkyl halides is 1. The van der Waals surface area contributed by atoms with Gasteiger partial charge in [0.2, 0.25) is 0 Å². The zero-order valence-corrected chi connectivity index (χ0v) is 10.3. The number of aromatic nitrogens is 2. The van der Waals surface area contributed by atoms with Crippen molar-refractivity contribution in [1.82, 2.24) is 9.97 Å². The van der Waals surface area contributed by atoms with Gasteiger partial charge in [0.25, 0.3) is 0 Å². The molecule has 1 aromatic rings. The molecule has 82 valence electrons. The van der Waals surface area contributed by atoms with Crippen LogP contribution in [0.2, 0.25) is 0 Å². The van der Waals surface area contributed by atoms with Gasteiger partial charge in [-0.15, -0.1) is 11.6 Å². The van der Waals surface area contributed by atoms with Crippen LogP contribution in [0.4, 0.5) is 0 Å². The molecule has 0 radical (unpaired) electrons. The number of rotatable bonds is 3. The van der Waals surface area contributed by atoms with Crippen molar-refractivity contribution in [2.75, 3.05) is 0 Å². The molecule has 0 atom stereocenters. The molecule has 0 aliphatic heterocycles. The molecule has 1 aliphatic rings. The standard InChI is InChI=1S/C12H17ClN2/c1-8(2)10-9(6-13)7-14-11(15-10)12(3)4-5-12/h7-8H,4-6H2,1-3H3. The Morgan fingerprint density at radius 3 is 2.60 bits per heavy atom. The second-order valence-corrected chi connectivity index (χ2v) is 5.22. The highest BCUT2D eigenvalue weighted by atomic mass is 35.5. The molecule has 2 rings (SSSR count). The van der Waals surface area contributed by atoms with Crippen molar-refractivity contribution in [1.29, 1.82) is 0 Å². The maximum Gasteiger partial charge on any atom is 0.134 e. The number of hydrogen-bond acceptors (Lipinski definition) is 2. The molecule has 0 bridgehead atoms. The van der Waals surface area contributed by atoms with Crippen molar-refractivity contribution in [2.24, 2.45) is 0 Å². The Labute approximate surface area is 96.1 Å². The smallest absolute Gasteiger partial charge is 0.134 e. The molecule has 15 heavy (non-hydrogen) atoms. The third-order valence-electron chi connectivity index (χ3n) is 3.13. The van der Waals surface area contributed by atoms with E-state index in [0.717, 1.165) is 17.1 Å². The predicted molar refractivity (Wildman–Crippen MR) is 62.3 cm³/mol. The Balaban J connectivity index is 2.41. The zero-order chi connectivity index (χ0) is 11.1. The Kier molecular flexibility index (Phi) is 2.72. The number of halogens is 1. The molecule has 0 aromatic carbocycles. The highest BCUT2D eigenvalue weighted by Gasteiger charge is 2.42. The van der Waals surface area contributed by atoms with Gasteiger partial charge in [0.1, 0.15) is 5.82 Å². The second kappa shape index (κ2) is 3.75. The van der Waals surface area contributed by atoms with E-state index in [1.54, 1.807) is 0 Å². The van der Waals surface area contributed by atoms with Crippen molar-refractivity contribution in [3.05, 3.63) is 23.3 Å². The van der Waals surface area contributed by atoms with Gasteiger partial charge in [-0.05, 0) is 18.8 Å². The first-order valence-electron chi connectivity index (χ1n) is 5.49. The van der Waals surface area contributed by atoms with Gasteiger partial charge < -0.3 is 0 Å². The van der Waals surface area contributed by atoms with Gasteiger partial charge in [0.15, 0.2) is 0 Å².